The average molecular weight is 813 g/mol. The van der Waals surface area contributed by atoms with Crippen molar-refractivity contribution in [2.24, 2.45) is 63.7 Å². The third-order valence-electron chi connectivity index (χ3n) is 15.6. The summed E-state index contributed by atoms with van der Waals surface area (Å²) in [6, 6.07) is 0.349. The van der Waals surface area contributed by atoms with E-state index in [4.69, 9.17) is 16.2 Å². The Hall–Kier alpha value is -0.820. The fraction of sp³-hybridized carbons (Fsp3) is 0.915. The zero-order chi connectivity index (χ0) is 38.8. The van der Waals surface area contributed by atoms with Crippen molar-refractivity contribution in [1.82, 2.24) is 4.90 Å². The molecule has 4 aliphatic carbocycles. The summed E-state index contributed by atoms with van der Waals surface area (Å²) < 4.78 is 6.13. The van der Waals surface area contributed by atoms with Crippen molar-refractivity contribution in [3.63, 3.8) is 0 Å². The summed E-state index contributed by atoms with van der Waals surface area (Å²) in [6.07, 6.45) is 25.4. The molecule has 4 rings (SSSR count). The fourth-order valence-electron chi connectivity index (χ4n) is 12.2. The molecule has 3 fully saturated rings. The van der Waals surface area contributed by atoms with Crippen LogP contribution in [0.1, 0.15) is 190 Å². The van der Waals surface area contributed by atoms with Crippen LogP contribution in [0.25, 0.3) is 0 Å². The Balaban J connectivity index is 0.00000523. The van der Waals surface area contributed by atoms with Gasteiger partial charge in [0, 0.05) is 44.4 Å². The first kappa shape index (κ1) is 50.3. The van der Waals surface area contributed by atoms with Crippen LogP contribution in [0.2, 0.25) is 0 Å². The predicted octanol–water partition coefficient (Wildman–Crippen LogP) is 11.8. The maximum Gasteiger partial charge on any atom is 0.306 e. The van der Waals surface area contributed by atoms with Crippen molar-refractivity contribution < 1.29 is 14.3 Å². The van der Waals surface area contributed by atoms with Crippen LogP contribution in [0.15, 0.2) is 11.6 Å². The maximum atomic E-state index is 13.2. The second kappa shape index (κ2) is 23.7. The first-order valence-electron chi connectivity index (χ1n) is 22.9. The molecule has 8 heteroatoms. The van der Waals surface area contributed by atoms with Crippen LogP contribution < -0.4 is 11.5 Å². The smallest absolute Gasteiger partial charge is 0.306 e. The Kier molecular flexibility index (Phi) is 21.7. The number of amides is 1. The molecule has 6 nitrogen and oxygen atoms in total. The number of nitrogens with two attached hydrogens (primary N) is 2. The van der Waals surface area contributed by atoms with Crippen molar-refractivity contribution in [2.45, 2.75) is 208 Å². The minimum absolute atomic E-state index is 0. The van der Waals surface area contributed by atoms with Gasteiger partial charge in [0.15, 0.2) is 0 Å². The molecule has 0 heterocycles. The Morgan fingerprint density at radius 2 is 1.49 bits per heavy atom. The van der Waals surface area contributed by atoms with E-state index in [1.807, 2.05) is 11.8 Å². The van der Waals surface area contributed by atoms with Gasteiger partial charge in [-0.15, -0.1) is 24.8 Å². The highest BCUT2D eigenvalue weighted by atomic mass is 35.5. The Morgan fingerprint density at radius 1 is 0.800 bits per heavy atom. The first-order chi connectivity index (χ1) is 25.2. The van der Waals surface area contributed by atoms with Crippen LogP contribution >= 0.6 is 24.8 Å². The van der Waals surface area contributed by atoms with E-state index in [0.29, 0.717) is 31.2 Å². The Bertz CT molecular complexity index is 1180. The SMILES string of the molecule is CC[C@H](CC[C@@H](C)C1CCC2C3CC=C4CC(OC(=O)CCCC(=O)N(CCCCCCCC(C)N)CCC(C)N)CCC4(C)C3CCC21C)C(C)C.Cl.Cl. The lowest BCUT2D eigenvalue weighted by molar-refractivity contribution is -0.151. The monoisotopic (exact) mass is 812 g/mol. The van der Waals surface area contributed by atoms with Crippen molar-refractivity contribution >= 4 is 36.7 Å². The lowest BCUT2D eigenvalue weighted by atomic mass is 9.47. The zero-order valence-corrected chi connectivity index (χ0v) is 38.4. The van der Waals surface area contributed by atoms with Gasteiger partial charge in [0.25, 0.3) is 0 Å². The fourth-order valence-corrected chi connectivity index (χ4v) is 12.2. The number of esters is 1. The van der Waals surface area contributed by atoms with E-state index in [2.05, 4.69) is 54.5 Å². The summed E-state index contributed by atoms with van der Waals surface area (Å²) in [5.74, 6) is 5.84. The second-order valence-electron chi connectivity index (χ2n) is 19.8. The summed E-state index contributed by atoms with van der Waals surface area (Å²) >= 11 is 0. The van der Waals surface area contributed by atoms with Gasteiger partial charge in [0.1, 0.15) is 6.10 Å². The van der Waals surface area contributed by atoms with Gasteiger partial charge in [0.05, 0.1) is 0 Å². The molecule has 0 saturated heterocycles. The molecule has 322 valence electrons. The molecular formula is C47H87Cl2N3O3. The van der Waals surface area contributed by atoms with Gasteiger partial charge >= 0.3 is 5.97 Å². The average Bonchev–Trinajstić information content (AvgIpc) is 3.46. The highest BCUT2D eigenvalue weighted by Crippen LogP contribution is 2.67. The van der Waals surface area contributed by atoms with Crippen LogP contribution in [0, 0.1) is 52.3 Å². The van der Waals surface area contributed by atoms with Gasteiger partial charge in [-0.25, -0.2) is 0 Å². The summed E-state index contributed by atoms with van der Waals surface area (Å²) in [5.41, 5.74) is 14.2. The summed E-state index contributed by atoms with van der Waals surface area (Å²) in [5, 5.41) is 0. The van der Waals surface area contributed by atoms with Crippen LogP contribution in [0.4, 0.5) is 0 Å². The maximum absolute atomic E-state index is 13.2. The van der Waals surface area contributed by atoms with Gasteiger partial charge in [-0.1, -0.05) is 91.7 Å². The van der Waals surface area contributed by atoms with Gasteiger partial charge in [-0.3, -0.25) is 9.59 Å². The standard InChI is InChI=1S/C47H85N3O3.2ClH/c1-9-37(33(2)3)20-19-34(4)41-23-24-42-40-22-21-38-32-39(25-28-46(38,7)43(40)26-29-47(41,42)8)53-45(52)18-15-17-44(51)50(31-27-36(6)49)30-14-12-10-11-13-16-35(5)48;;/h21,33-37,39-43H,9-20,22-32,48-49H2,1-8H3;2*1H/t34-,35?,36?,37-,39?,40?,41?,42?,43?,46?,47?;;/m1../s1. The van der Waals surface area contributed by atoms with E-state index in [0.717, 1.165) is 92.9 Å². The van der Waals surface area contributed by atoms with Crippen LogP contribution in [0.5, 0.6) is 0 Å². The number of hydrogen-bond donors (Lipinski definition) is 2. The molecule has 0 aliphatic heterocycles. The quantitative estimate of drug-likeness (QED) is 0.0644. The van der Waals surface area contributed by atoms with Crippen molar-refractivity contribution in [3.8, 4) is 0 Å². The molecule has 4 N–H and O–H groups in total. The lowest BCUT2D eigenvalue weighted by Crippen LogP contribution is -2.51. The first-order valence-corrected chi connectivity index (χ1v) is 22.9. The van der Waals surface area contributed by atoms with E-state index in [9.17, 15) is 9.59 Å². The van der Waals surface area contributed by atoms with E-state index >= 15 is 0 Å². The molecule has 9 unspecified atom stereocenters. The summed E-state index contributed by atoms with van der Waals surface area (Å²) in [7, 11) is 0. The Morgan fingerprint density at radius 3 is 2.16 bits per heavy atom. The third-order valence-corrected chi connectivity index (χ3v) is 15.6. The highest BCUT2D eigenvalue weighted by Gasteiger charge is 2.59. The largest absolute Gasteiger partial charge is 0.462 e. The van der Waals surface area contributed by atoms with Gasteiger partial charge in [-0.2, -0.15) is 0 Å². The number of rotatable bonds is 22. The van der Waals surface area contributed by atoms with Gasteiger partial charge in [0.2, 0.25) is 5.91 Å². The third kappa shape index (κ3) is 13.6. The minimum atomic E-state index is -0.132. The molecular weight excluding hydrogens is 725 g/mol. The zero-order valence-electron chi connectivity index (χ0n) is 36.8. The minimum Gasteiger partial charge on any atom is -0.462 e. The van der Waals surface area contributed by atoms with Gasteiger partial charge in [-0.05, 0) is 143 Å². The van der Waals surface area contributed by atoms with Crippen LogP contribution in [-0.2, 0) is 14.3 Å². The Labute approximate surface area is 351 Å². The molecule has 0 spiro atoms. The van der Waals surface area contributed by atoms with E-state index in [1.165, 1.54) is 70.6 Å². The van der Waals surface area contributed by atoms with Crippen LogP contribution in [0.3, 0.4) is 0 Å². The van der Waals surface area contributed by atoms with Crippen molar-refractivity contribution in [2.75, 3.05) is 13.1 Å². The van der Waals surface area contributed by atoms with Crippen molar-refractivity contribution in [1.29, 1.82) is 0 Å². The number of ether oxygens (including phenoxy) is 1. The molecule has 1 amide bonds. The summed E-state index contributed by atoms with van der Waals surface area (Å²) in [4.78, 5) is 28.3. The summed E-state index contributed by atoms with van der Waals surface area (Å²) in [6.45, 7) is 20.6. The number of halogens is 2. The molecule has 0 aromatic heterocycles. The van der Waals surface area contributed by atoms with E-state index < -0.39 is 0 Å². The normalized spacial score (nSPS) is 30.7. The molecule has 0 bridgehead atoms. The molecule has 0 radical (unpaired) electrons. The number of nitrogens with zero attached hydrogens (tertiary/aromatic N) is 1. The van der Waals surface area contributed by atoms with E-state index in [1.54, 1.807) is 5.57 Å². The topological polar surface area (TPSA) is 98.7 Å². The molecule has 11 atom stereocenters. The van der Waals surface area contributed by atoms with Crippen molar-refractivity contribution in [3.05, 3.63) is 11.6 Å². The van der Waals surface area contributed by atoms with E-state index in [-0.39, 0.29) is 60.3 Å². The highest BCUT2D eigenvalue weighted by molar-refractivity contribution is 5.85. The molecule has 0 aromatic rings. The number of hydrogen-bond acceptors (Lipinski definition) is 5. The number of fused-ring (bicyclic) bond motifs is 5. The molecule has 3 saturated carbocycles. The van der Waals surface area contributed by atoms with Crippen LogP contribution in [-0.4, -0.2) is 48.1 Å². The number of carbonyl (C=O) groups excluding carboxylic acids is 2. The number of carbonyl (C=O) groups is 2. The number of allylic oxidation sites excluding steroid dienone is 1. The predicted molar refractivity (Wildman–Crippen MR) is 237 cm³/mol. The molecule has 4 aliphatic rings. The second-order valence-corrected chi connectivity index (χ2v) is 19.8. The molecule has 55 heavy (non-hydrogen) atoms. The molecule has 0 aromatic carbocycles. The lowest BCUT2D eigenvalue weighted by Gasteiger charge is -2.58. The van der Waals surface area contributed by atoms with Gasteiger partial charge < -0.3 is 21.1 Å². The number of unbranched alkanes of at least 4 members (excludes halogenated alkanes) is 4.